The van der Waals surface area contributed by atoms with E-state index in [1.54, 1.807) is 30.4 Å². The minimum atomic E-state index is -4.50. The number of alkyl halides is 1. The number of fused-ring (bicyclic) bond motifs is 1. The van der Waals surface area contributed by atoms with Crippen LogP contribution in [0.25, 0.3) is 16.3 Å². The molecule has 1 fully saturated rings. The summed E-state index contributed by atoms with van der Waals surface area (Å²) in [7, 11) is -3.05. The van der Waals surface area contributed by atoms with Gasteiger partial charge in [-0.25, -0.2) is 9.99 Å². The van der Waals surface area contributed by atoms with E-state index >= 15 is 0 Å². The third-order valence-electron chi connectivity index (χ3n) is 6.77. The van der Waals surface area contributed by atoms with Gasteiger partial charge in [-0.3, -0.25) is 14.2 Å². The van der Waals surface area contributed by atoms with Crippen LogP contribution in [0.1, 0.15) is 12.0 Å². The molecule has 40 heavy (non-hydrogen) atoms. The number of halogens is 1. The minimum absolute atomic E-state index is 0.00569. The number of hydrogen-bond donors (Lipinski definition) is 2. The van der Waals surface area contributed by atoms with E-state index in [1.807, 2.05) is 24.3 Å². The molecule has 2 aliphatic rings. The van der Waals surface area contributed by atoms with Crippen molar-refractivity contribution in [3.05, 3.63) is 78.4 Å². The number of carbonyl (C=O) groups is 1. The van der Waals surface area contributed by atoms with E-state index in [0.717, 1.165) is 15.8 Å². The molecular weight excluding hydrogens is 576 g/mol. The number of aromatic nitrogens is 1. The molecule has 2 unspecified atom stereocenters. The lowest BCUT2D eigenvalue weighted by Crippen LogP contribution is -2.78. The average Bonchev–Trinajstić information content (AvgIpc) is 3.55. The van der Waals surface area contributed by atoms with Crippen molar-refractivity contribution in [1.29, 1.82) is 0 Å². The van der Waals surface area contributed by atoms with Crippen LogP contribution in [-0.2, 0) is 14.9 Å². The lowest BCUT2D eigenvalue weighted by molar-refractivity contribution is -0.126. The molecule has 2 N–H and O–H groups in total. The van der Waals surface area contributed by atoms with E-state index in [0.29, 0.717) is 22.3 Å². The van der Waals surface area contributed by atoms with Gasteiger partial charge in [-0.2, -0.15) is 13.5 Å². The van der Waals surface area contributed by atoms with Crippen molar-refractivity contribution in [3.63, 3.8) is 0 Å². The summed E-state index contributed by atoms with van der Waals surface area (Å²) < 4.78 is 39.6. The summed E-state index contributed by atoms with van der Waals surface area (Å²) in [5, 5.41) is 15.6. The Balaban J connectivity index is 1.46. The fraction of sp³-hybridized carbons (Fsp3) is 0.148. The number of anilines is 2. The number of hydrogen-bond acceptors (Lipinski definition) is 9. The largest absolute Gasteiger partial charge is 0.504 e. The molecule has 0 radical (unpaired) electrons. The molecule has 204 valence electrons. The Hall–Kier alpha value is -3.97. The maximum absolute atomic E-state index is 13.3. The smallest absolute Gasteiger partial charge is 0.294 e. The van der Waals surface area contributed by atoms with Crippen molar-refractivity contribution < 1.29 is 27.6 Å². The Kier molecular flexibility index (Phi) is 6.30. The molecule has 4 aromatic rings. The predicted octanol–water partition coefficient (Wildman–Crippen LogP) is 4.89. The minimum Gasteiger partial charge on any atom is -0.504 e. The summed E-state index contributed by atoms with van der Waals surface area (Å²) in [5.41, 5.74) is 1.09. The monoisotopic (exact) mass is 596 g/mol. The highest BCUT2D eigenvalue weighted by Gasteiger charge is 2.67. The maximum Gasteiger partial charge on any atom is 0.294 e. The van der Waals surface area contributed by atoms with Crippen molar-refractivity contribution in [1.82, 2.24) is 4.98 Å². The number of benzene rings is 3. The number of amides is 1. The fourth-order valence-electron chi connectivity index (χ4n) is 4.87. The third kappa shape index (κ3) is 4.20. The molecule has 3 heterocycles. The molecule has 2 atom stereocenters. The number of rotatable bonds is 6. The molecule has 0 bridgehead atoms. The van der Waals surface area contributed by atoms with Crippen LogP contribution in [0.15, 0.2) is 82.8 Å². The molecule has 1 spiro atoms. The molecule has 0 aliphatic carbocycles. The number of nitrogens with zero attached hydrogens (tertiary/aromatic N) is 4. The van der Waals surface area contributed by atoms with Gasteiger partial charge in [0.2, 0.25) is 0 Å². The first-order valence-corrected chi connectivity index (χ1v) is 14.7. The normalized spacial score (nSPS) is 20.9. The number of methoxy groups -OCH3 is 1. The zero-order valence-corrected chi connectivity index (χ0v) is 23.2. The number of ether oxygens (including phenoxy) is 1. The lowest BCUT2D eigenvalue weighted by atomic mass is 9.87. The van der Waals surface area contributed by atoms with Gasteiger partial charge in [-0.15, -0.1) is 11.6 Å². The van der Waals surface area contributed by atoms with Crippen LogP contribution < -0.4 is 14.6 Å². The quantitative estimate of drug-likeness (QED) is 0.183. The molecule has 6 rings (SSSR count). The first-order valence-electron chi connectivity index (χ1n) is 12.0. The van der Waals surface area contributed by atoms with Crippen LogP contribution in [0.5, 0.6) is 11.5 Å². The summed E-state index contributed by atoms with van der Waals surface area (Å²) in [4.78, 5) is 19.1. The van der Waals surface area contributed by atoms with Crippen molar-refractivity contribution >= 4 is 71.8 Å². The van der Waals surface area contributed by atoms with Crippen molar-refractivity contribution in [3.8, 4) is 11.5 Å². The zero-order chi connectivity index (χ0) is 28.2. The van der Waals surface area contributed by atoms with Crippen LogP contribution in [0, 0.1) is 0 Å². The highest BCUT2D eigenvalue weighted by Crippen LogP contribution is 2.51. The second-order valence-corrected chi connectivity index (χ2v) is 12.1. The third-order valence-corrected chi connectivity index (χ3v) is 9.18. The molecule has 3 aromatic carbocycles. The number of β-lactam (4-membered cyclic amide) rings is 1. The van der Waals surface area contributed by atoms with Gasteiger partial charge in [0.1, 0.15) is 0 Å². The number of phenols is 1. The molecule has 1 saturated heterocycles. The standard InChI is InChI=1S/C27H21ClN4O6S2/c1-38-22-13-16(10-12-21(22)33)9-11-17-15-27(32(30-17)18-5-4-6-19(14-18)40(35,36)37)24(28)25(34)31(27)26-29-20-7-2-3-8-23(20)39-26/h2-14,24,33H,15H2,1H3,(H,35,36,37). The molecular formula is C27H21ClN4O6S2. The van der Waals surface area contributed by atoms with Gasteiger partial charge in [0, 0.05) is 6.42 Å². The van der Waals surface area contributed by atoms with Gasteiger partial charge in [-0.1, -0.05) is 41.7 Å². The van der Waals surface area contributed by atoms with Gasteiger partial charge in [0.15, 0.2) is 27.7 Å². The van der Waals surface area contributed by atoms with Crippen LogP contribution in [0.2, 0.25) is 0 Å². The number of allylic oxidation sites excluding steroid dienone is 1. The maximum atomic E-state index is 13.3. The van der Waals surface area contributed by atoms with Gasteiger partial charge in [0.05, 0.1) is 33.6 Å². The van der Waals surface area contributed by atoms with Gasteiger partial charge in [-0.05, 0) is 54.1 Å². The van der Waals surface area contributed by atoms with Crippen LogP contribution in [0.4, 0.5) is 10.8 Å². The first-order chi connectivity index (χ1) is 19.1. The SMILES string of the molecule is COc1cc(C=CC2=NN(c3cccc(S(=O)(=O)O)c3)C3(C2)C(Cl)C(=O)N3c2nc3ccccc3s2)ccc1O. The lowest BCUT2D eigenvalue weighted by Gasteiger charge is -2.55. The first kappa shape index (κ1) is 26.3. The van der Waals surface area contributed by atoms with Crippen LogP contribution in [0.3, 0.4) is 0 Å². The van der Waals surface area contributed by atoms with E-state index in [9.17, 15) is 22.9 Å². The number of para-hydroxylation sites is 1. The Morgan fingerprint density at radius 1 is 1.12 bits per heavy atom. The summed E-state index contributed by atoms with van der Waals surface area (Å²) in [6.45, 7) is 0. The fourth-order valence-corrected chi connectivity index (χ4v) is 6.80. The van der Waals surface area contributed by atoms with Gasteiger partial charge in [0.25, 0.3) is 16.0 Å². The highest BCUT2D eigenvalue weighted by atomic mass is 35.5. The topological polar surface area (TPSA) is 133 Å². The molecule has 0 saturated carbocycles. The Morgan fingerprint density at radius 2 is 1.93 bits per heavy atom. The second kappa shape index (κ2) is 9.59. The Morgan fingerprint density at radius 3 is 2.67 bits per heavy atom. The van der Waals surface area contributed by atoms with Crippen LogP contribution >= 0.6 is 22.9 Å². The van der Waals surface area contributed by atoms with Crippen molar-refractivity contribution in [2.75, 3.05) is 17.0 Å². The Bertz CT molecular complexity index is 1810. The van der Waals surface area contributed by atoms with Gasteiger partial charge < -0.3 is 9.84 Å². The van der Waals surface area contributed by atoms with E-state index in [2.05, 4.69) is 4.98 Å². The summed E-state index contributed by atoms with van der Waals surface area (Å²) >= 11 is 8.09. The number of carbonyl (C=O) groups excluding carboxylic acids is 1. The average molecular weight is 597 g/mol. The van der Waals surface area contributed by atoms with Crippen molar-refractivity contribution in [2.24, 2.45) is 5.10 Å². The predicted molar refractivity (Wildman–Crippen MR) is 154 cm³/mol. The number of hydrazone groups is 1. The van der Waals surface area contributed by atoms with E-state index in [1.165, 1.54) is 52.6 Å². The van der Waals surface area contributed by atoms with Crippen LogP contribution in [-0.4, -0.2) is 52.8 Å². The van der Waals surface area contributed by atoms with E-state index < -0.39 is 21.2 Å². The number of phenolic OH excluding ortho intramolecular Hbond substituents is 1. The van der Waals surface area contributed by atoms with E-state index in [-0.39, 0.29) is 23.0 Å². The summed E-state index contributed by atoms with van der Waals surface area (Å²) in [6, 6.07) is 18.0. The van der Waals surface area contributed by atoms with Crippen molar-refractivity contribution in [2.45, 2.75) is 22.4 Å². The zero-order valence-electron chi connectivity index (χ0n) is 20.8. The summed E-state index contributed by atoms with van der Waals surface area (Å²) in [6.07, 6.45) is 3.73. The molecule has 13 heteroatoms. The van der Waals surface area contributed by atoms with E-state index in [4.69, 9.17) is 21.4 Å². The number of aromatic hydroxyl groups is 1. The molecule has 10 nitrogen and oxygen atoms in total. The Labute approximate surface area is 238 Å². The highest BCUT2D eigenvalue weighted by molar-refractivity contribution is 7.85. The van der Waals surface area contributed by atoms with Gasteiger partial charge >= 0.3 is 0 Å². The molecule has 1 aromatic heterocycles. The molecule has 2 aliphatic heterocycles. The number of thiazole rings is 1. The second-order valence-electron chi connectivity index (χ2n) is 9.20. The summed E-state index contributed by atoms with van der Waals surface area (Å²) in [5.74, 6) is -0.0467. The molecule has 1 amide bonds.